The first kappa shape index (κ1) is 11.9. The summed E-state index contributed by atoms with van der Waals surface area (Å²) in [4.78, 5) is 4.26. The summed E-state index contributed by atoms with van der Waals surface area (Å²) >= 11 is 3.37. The molecule has 0 aromatic carbocycles. The minimum Gasteiger partial charge on any atom is -0.378 e. The molecule has 2 rings (SSSR count). The van der Waals surface area contributed by atoms with Gasteiger partial charge in [-0.25, -0.2) is 4.98 Å². The van der Waals surface area contributed by atoms with Crippen molar-refractivity contribution in [3.05, 3.63) is 22.8 Å². The van der Waals surface area contributed by atoms with E-state index in [4.69, 9.17) is 4.74 Å². The third-order valence-electron chi connectivity index (χ3n) is 2.77. The number of halogens is 1. The smallest absolute Gasteiger partial charge is 0.125 e. The van der Waals surface area contributed by atoms with Crippen molar-refractivity contribution in [2.24, 2.45) is 0 Å². The second-order valence-corrected chi connectivity index (χ2v) is 4.98. The number of rotatable bonds is 4. The molecule has 4 heteroatoms. The summed E-state index contributed by atoms with van der Waals surface area (Å²) in [6.07, 6.45) is 7.04. The number of nitrogens with one attached hydrogen (secondary N) is 1. The van der Waals surface area contributed by atoms with Crippen molar-refractivity contribution in [2.45, 2.75) is 31.8 Å². The van der Waals surface area contributed by atoms with Crippen LogP contribution < -0.4 is 5.32 Å². The maximum atomic E-state index is 5.67. The Hall–Kier alpha value is -0.610. The molecule has 0 saturated carbocycles. The standard InChI is InChI=1S/C12H17BrN2O/c13-10-4-5-12(15-9-10)14-7-6-11-3-1-2-8-16-11/h4-5,9,11H,1-3,6-8H2,(H,14,15). The summed E-state index contributed by atoms with van der Waals surface area (Å²) < 4.78 is 6.68. The second-order valence-electron chi connectivity index (χ2n) is 4.07. The Kier molecular flexibility index (Phi) is 4.60. The van der Waals surface area contributed by atoms with Gasteiger partial charge >= 0.3 is 0 Å². The highest BCUT2D eigenvalue weighted by Crippen LogP contribution is 2.16. The maximum absolute atomic E-state index is 5.67. The molecule has 1 aliphatic rings. The van der Waals surface area contributed by atoms with Crippen LogP contribution in [0.4, 0.5) is 5.82 Å². The largest absolute Gasteiger partial charge is 0.378 e. The average molecular weight is 285 g/mol. The molecule has 0 bridgehead atoms. The molecule has 1 atom stereocenters. The van der Waals surface area contributed by atoms with E-state index in [1.807, 2.05) is 12.1 Å². The number of nitrogens with zero attached hydrogens (tertiary/aromatic N) is 1. The number of hydrogen-bond acceptors (Lipinski definition) is 3. The van der Waals surface area contributed by atoms with Crippen LogP contribution >= 0.6 is 15.9 Å². The van der Waals surface area contributed by atoms with E-state index in [-0.39, 0.29) is 0 Å². The molecule has 1 saturated heterocycles. The molecule has 3 nitrogen and oxygen atoms in total. The van der Waals surface area contributed by atoms with Gasteiger partial charge in [0.25, 0.3) is 0 Å². The molecule has 0 spiro atoms. The lowest BCUT2D eigenvalue weighted by atomic mass is 10.1. The van der Waals surface area contributed by atoms with Crippen LogP contribution in [-0.4, -0.2) is 24.2 Å². The van der Waals surface area contributed by atoms with Crippen LogP contribution in [0.15, 0.2) is 22.8 Å². The zero-order chi connectivity index (χ0) is 11.2. The Morgan fingerprint density at radius 2 is 2.38 bits per heavy atom. The summed E-state index contributed by atoms with van der Waals surface area (Å²) in [6, 6.07) is 3.97. The molecule has 16 heavy (non-hydrogen) atoms. The van der Waals surface area contributed by atoms with Crippen molar-refractivity contribution in [1.29, 1.82) is 0 Å². The van der Waals surface area contributed by atoms with Gasteiger partial charge in [-0.15, -0.1) is 0 Å². The van der Waals surface area contributed by atoms with Crippen LogP contribution in [-0.2, 0) is 4.74 Å². The predicted octanol–water partition coefficient (Wildman–Crippen LogP) is 3.22. The molecule has 0 aliphatic carbocycles. The fourth-order valence-electron chi connectivity index (χ4n) is 1.88. The molecule has 1 aliphatic heterocycles. The Balaban J connectivity index is 1.69. The number of anilines is 1. The zero-order valence-corrected chi connectivity index (χ0v) is 10.9. The van der Waals surface area contributed by atoms with E-state index >= 15 is 0 Å². The Morgan fingerprint density at radius 3 is 3.06 bits per heavy atom. The van der Waals surface area contributed by atoms with Gasteiger partial charge in [0.05, 0.1) is 6.10 Å². The first-order chi connectivity index (χ1) is 7.84. The van der Waals surface area contributed by atoms with E-state index < -0.39 is 0 Å². The lowest BCUT2D eigenvalue weighted by molar-refractivity contribution is 0.0134. The summed E-state index contributed by atoms with van der Waals surface area (Å²) in [7, 11) is 0. The Morgan fingerprint density at radius 1 is 1.44 bits per heavy atom. The molecular formula is C12H17BrN2O. The molecule has 88 valence electrons. The minimum absolute atomic E-state index is 0.441. The topological polar surface area (TPSA) is 34.1 Å². The molecule has 2 heterocycles. The van der Waals surface area contributed by atoms with Gasteiger partial charge in [-0.3, -0.25) is 0 Å². The van der Waals surface area contributed by atoms with Gasteiger partial charge in [0, 0.05) is 23.8 Å². The van der Waals surface area contributed by atoms with E-state index in [1.165, 1.54) is 19.3 Å². The second kappa shape index (κ2) is 6.21. The van der Waals surface area contributed by atoms with Gasteiger partial charge in [-0.2, -0.15) is 0 Å². The maximum Gasteiger partial charge on any atom is 0.125 e. The van der Waals surface area contributed by atoms with E-state index in [1.54, 1.807) is 6.20 Å². The van der Waals surface area contributed by atoms with Crippen LogP contribution in [0.1, 0.15) is 25.7 Å². The quantitative estimate of drug-likeness (QED) is 0.922. The fraction of sp³-hybridized carbons (Fsp3) is 0.583. The van der Waals surface area contributed by atoms with Gasteiger partial charge in [0.2, 0.25) is 0 Å². The van der Waals surface area contributed by atoms with Crippen molar-refractivity contribution in [2.75, 3.05) is 18.5 Å². The fourth-order valence-corrected chi connectivity index (χ4v) is 2.11. The van der Waals surface area contributed by atoms with Gasteiger partial charge in [-0.05, 0) is 53.7 Å². The van der Waals surface area contributed by atoms with Gasteiger partial charge in [0.1, 0.15) is 5.82 Å². The Labute approximate surface area is 105 Å². The molecule has 1 N–H and O–H groups in total. The van der Waals surface area contributed by atoms with Crippen LogP contribution in [0, 0.1) is 0 Å². The van der Waals surface area contributed by atoms with Crippen molar-refractivity contribution < 1.29 is 4.74 Å². The van der Waals surface area contributed by atoms with E-state index in [2.05, 4.69) is 26.2 Å². The molecular weight excluding hydrogens is 268 g/mol. The third kappa shape index (κ3) is 3.76. The molecule has 1 aromatic heterocycles. The highest BCUT2D eigenvalue weighted by atomic mass is 79.9. The zero-order valence-electron chi connectivity index (χ0n) is 9.29. The number of pyridine rings is 1. The summed E-state index contributed by atoms with van der Waals surface area (Å²) in [5, 5.41) is 3.31. The first-order valence-electron chi connectivity index (χ1n) is 5.81. The average Bonchev–Trinajstić information content (AvgIpc) is 2.33. The van der Waals surface area contributed by atoms with Crippen LogP contribution in [0.5, 0.6) is 0 Å². The van der Waals surface area contributed by atoms with Crippen LogP contribution in [0.2, 0.25) is 0 Å². The predicted molar refractivity (Wildman–Crippen MR) is 68.6 cm³/mol. The lowest BCUT2D eigenvalue weighted by Gasteiger charge is -2.22. The molecule has 1 unspecified atom stereocenters. The highest BCUT2D eigenvalue weighted by molar-refractivity contribution is 9.10. The summed E-state index contributed by atoms with van der Waals surface area (Å²) in [5.41, 5.74) is 0. The number of hydrogen-bond donors (Lipinski definition) is 1. The normalized spacial score (nSPS) is 20.7. The van der Waals surface area contributed by atoms with E-state index in [0.29, 0.717) is 6.10 Å². The Bertz CT molecular complexity index is 309. The van der Waals surface area contributed by atoms with Crippen molar-refractivity contribution >= 4 is 21.7 Å². The van der Waals surface area contributed by atoms with Gasteiger partial charge in [0.15, 0.2) is 0 Å². The lowest BCUT2D eigenvalue weighted by Crippen LogP contribution is -2.22. The van der Waals surface area contributed by atoms with Gasteiger partial charge < -0.3 is 10.1 Å². The first-order valence-corrected chi connectivity index (χ1v) is 6.61. The SMILES string of the molecule is Brc1ccc(NCCC2CCCCO2)nc1. The van der Waals surface area contributed by atoms with Crippen LogP contribution in [0.25, 0.3) is 0 Å². The molecule has 1 aromatic rings. The van der Waals surface area contributed by atoms with Crippen molar-refractivity contribution in [3.63, 3.8) is 0 Å². The van der Waals surface area contributed by atoms with E-state index in [0.717, 1.165) is 29.9 Å². The van der Waals surface area contributed by atoms with E-state index in [9.17, 15) is 0 Å². The summed E-state index contributed by atoms with van der Waals surface area (Å²) in [6.45, 7) is 1.86. The van der Waals surface area contributed by atoms with Crippen LogP contribution in [0.3, 0.4) is 0 Å². The van der Waals surface area contributed by atoms with Gasteiger partial charge in [-0.1, -0.05) is 0 Å². The molecule has 0 amide bonds. The monoisotopic (exact) mass is 284 g/mol. The highest BCUT2D eigenvalue weighted by Gasteiger charge is 2.12. The molecule has 0 radical (unpaired) electrons. The van der Waals surface area contributed by atoms with Crippen molar-refractivity contribution in [3.8, 4) is 0 Å². The number of aromatic nitrogens is 1. The molecule has 1 fully saturated rings. The summed E-state index contributed by atoms with van der Waals surface area (Å²) in [5.74, 6) is 0.930. The number of ether oxygens (including phenoxy) is 1. The van der Waals surface area contributed by atoms with Crippen molar-refractivity contribution in [1.82, 2.24) is 4.98 Å². The minimum atomic E-state index is 0.441. The third-order valence-corrected chi connectivity index (χ3v) is 3.24.